The number of para-hydroxylation sites is 1. The molecule has 0 heterocycles. The van der Waals surface area contributed by atoms with Crippen molar-refractivity contribution in [2.24, 2.45) is 0 Å². The molecule has 0 bridgehead atoms. The van der Waals surface area contributed by atoms with E-state index in [2.05, 4.69) is 5.32 Å². The number of anilines is 1. The minimum Gasteiger partial charge on any atom is -0.452 e. The second-order valence-electron chi connectivity index (χ2n) is 4.82. The first-order valence-electron chi connectivity index (χ1n) is 7.09. The molecular weight excluding hydrogens is 331 g/mol. The van der Waals surface area contributed by atoms with E-state index < -0.39 is 29.2 Å². The molecule has 1 N–H and O–H groups in total. The maximum absolute atomic E-state index is 13.4. The molecule has 0 aliphatic heterocycles. The molecule has 0 atom stereocenters. The maximum Gasteiger partial charge on any atom is 0.331 e. The van der Waals surface area contributed by atoms with Gasteiger partial charge in [-0.25, -0.2) is 9.18 Å². The van der Waals surface area contributed by atoms with Gasteiger partial charge < -0.3 is 10.1 Å². The number of rotatable bonds is 6. The van der Waals surface area contributed by atoms with E-state index >= 15 is 0 Å². The van der Waals surface area contributed by atoms with E-state index in [1.807, 2.05) is 0 Å². The summed E-state index contributed by atoms with van der Waals surface area (Å²) in [6, 6.07) is 11.1. The van der Waals surface area contributed by atoms with Crippen LogP contribution in [-0.4, -0.2) is 23.4 Å². The number of benzene rings is 2. The fraction of sp³-hybridized carbons (Fsp3) is 0.0588. The van der Waals surface area contributed by atoms with Crippen LogP contribution in [0.3, 0.4) is 0 Å². The number of non-ortho nitro benzene ring substituents is 1. The first-order valence-corrected chi connectivity index (χ1v) is 7.09. The van der Waals surface area contributed by atoms with Crippen molar-refractivity contribution >= 4 is 29.3 Å². The quantitative estimate of drug-likeness (QED) is 0.376. The van der Waals surface area contributed by atoms with Crippen LogP contribution < -0.4 is 5.32 Å². The Labute approximate surface area is 141 Å². The number of halogens is 1. The van der Waals surface area contributed by atoms with E-state index in [1.165, 1.54) is 48.5 Å². The predicted octanol–water partition coefficient (Wildman–Crippen LogP) is 2.93. The number of nitrogens with one attached hydrogen (secondary N) is 1. The summed E-state index contributed by atoms with van der Waals surface area (Å²) < 4.78 is 18.1. The zero-order valence-corrected chi connectivity index (χ0v) is 12.8. The number of amides is 1. The van der Waals surface area contributed by atoms with Gasteiger partial charge in [0.15, 0.2) is 6.61 Å². The number of nitro benzene ring substituents is 1. The van der Waals surface area contributed by atoms with E-state index in [9.17, 15) is 24.1 Å². The van der Waals surface area contributed by atoms with Crippen LogP contribution in [0.25, 0.3) is 6.08 Å². The zero-order valence-electron chi connectivity index (χ0n) is 12.8. The van der Waals surface area contributed by atoms with Gasteiger partial charge in [0, 0.05) is 18.2 Å². The smallest absolute Gasteiger partial charge is 0.331 e. The molecule has 0 saturated heterocycles. The molecule has 0 aliphatic rings. The summed E-state index contributed by atoms with van der Waals surface area (Å²) in [6.07, 6.45) is 2.47. The molecule has 0 aliphatic carbocycles. The average Bonchev–Trinajstić information content (AvgIpc) is 2.60. The van der Waals surface area contributed by atoms with Crippen molar-refractivity contribution in [2.75, 3.05) is 11.9 Å². The molecule has 0 aromatic heterocycles. The summed E-state index contributed by atoms with van der Waals surface area (Å²) in [5, 5.41) is 12.8. The van der Waals surface area contributed by atoms with Crippen LogP contribution in [0.2, 0.25) is 0 Å². The lowest BCUT2D eigenvalue weighted by Crippen LogP contribution is -2.20. The second-order valence-corrected chi connectivity index (χ2v) is 4.82. The highest BCUT2D eigenvalue weighted by Crippen LogP contribution is 2.13. The predicted molar refractivity (Wildman–Crippen MR) is 88.1 cm³/mol. The highest BCUT2D eigenvalue weighted by atomic mass is 19.1. The van der Waals surface area contributed by atoms with Crippen molar-refractivity contribution in [2.45, 2.75) is 0 Å². The summed E-state index contributed by atoms with van der Waals surface area (Å²) >= 11 is 0. The SMILES string of the molecule is O=C(COC(=O)/C=C/c1ccc([N+](=O)[O-])cc1)Nc1ccccc1F. The van der Waals surface area contributed by atoms with Gasteiger partial charge in [0.25, 0.3) is 11.6 Å². The van der Waals surface area contributed by atoms with Gasteiger partial charge >= 0.3 is 5.97 Å². The van der Waals surface area contributed by atoms with Crippen LogP contribution in [0.4, 0.5) is 15.8 Å². The fourth-order valence-corrected chi connectivity index (χ4v) is 1.81. The lowest BCUT2D eigenvalue weighted by molar-refractivity contribution is -0.384. The Morgan fingerprint density at radius 3 is 2.48 bits per heavy atom. The molecule has 0 fully saturated rings. The standard InChI is InChI=1S/C17H13FN2O5/c18-14-3-1-2-4-15(14)19-16(21)11-25-17(22)10-7-12-5-8-13(9-6-12)20(23)24/h1-10H,11H2,(H,19,21)/b10-7+. The van der Waals surface area contributed by atoms with Gasteiger partial charge in [0.05, 0.1) is 10.6 Å². The van der Waals surface area contributed by atoms with E-state index in [0.717, 1.165) is 6.08 Å². The molecule has 0 radical (unpaired) electrons. The van der Waals surface area contributed by atoms with Crippen molar-refractivity contribution in [3.63, 3.8) is 0 Å². The van der Waals surface area contributed by atoms with Crippen LogP contribution >= 0.6 is 0 Å². The van der Waals surface area contributed by atoms with Crippen LogP contribution in [0.5, 0.6) is 0 Å². The number of ether oxygens (including phenoxy) is 1. The number of hydrogen-bond donors (Lipinski definition) is 1. The highest BCUT2D eigenvalue weighted by molar-refractivity contribution is 5.94. The van der Waals surface area contributed by atoms with Gasteiger partial charge in [0.2, 0.25) is 0 Å². The Kier molecular flexibility index (Phi) is 5.94. The van der Waals surface area contributed by atoms with Crippen LogP contribution in [0.15, 0.2) is 54.6 Å². The highest BCUT2D eigenvalue weighted by Gasteiger charge is 2.08. The normalized spacial score (nSPS) is 10.4. The molecular formula is C17H13FN2O5. The van der Waals surface area contributed by atoms with E-state index in [1.54, 1.807) is 6.07 Å². The topological polar surface area (TPSA) is 98.5 Å². The molecule has 128 valence electrons. The molecule has 2 aromatic rings. The molecule has 8 heteroatoms. The Hall–Kier alpha value is -3.55. The van der Waals surface area contributed by atoms with Gasteiger partial charge in [-0.05, 0) is 35.9 Å². The van der Waals surface area contributed by atoms with Crippen LogP contribution in [-0.2, 0) is 14.3 Å². The number of nitro groups is 1. The van der Waals surface area contributed by atoms with E-state index in [-0.39, 0.29) is 11.4 Å². The molecule has 1 amide bonds. The van der Waals surface area contributed by atoms with Gasteiger partial charge in [-0.2, -0.15) is 0 Å². The summed E-state index contributed by atoms with van der Waals surface area (Å²) in [6.45, 7) is -0.572. The Balaban J connectivity index is 1.82. The molecule has 0 unspecified atom stereocenters. The van der Waals surface area contributed by atoms with E-state index in [0.29, 0.717) is 5.56 Å². The molecule has 0 saturated carbocycles. The van der Waals surface area contributed by atoms with Crippen LogP contribution in [0, 0.1) is 15.9 Å². The zero-order chi connectivity index (χ0) is 18.2. The number of carbonyl (C=O) groups excluding carboxylic acids is 2. The van der Waals surface area contributed by atoms with Gasteiger partial charge in [-0.3, -0.25) is 14.9 Å². The summed E-state index contributed by atoms with van der Waals surface area (Å²) in [7, 11) is 0. The second kappa shape index (κ2) is 8.34. The molecule has 2 aromatic carbocycles. The Bertz CT molecular complexity index is 818. The Morgan fingerprint density at radius 1 is 1.16 bits per heavy atom. The van der Waals surface area contributed by atoms with Crippen molar-refractivity contribution in [1.29, 1.82) is 0 Å². The van der Waals surface area contributed by atoms with Crippen molar-refractivity contribution in [3.8, 4) is 0 Å². The van der Waals surface area contributed by atoms with Crippen molar-refractivity contribution in [1.82, 2.24) is 0 Å². The lowest BCUT2D eigenvalue weighted by atomic mass is 10.2. The number of esters is 1. The molecule has 0 spiro atoms. The lowest BCUT2D eigenvalue weighted by Gasteiger charge is -2.06. The van der Waals surface area contributed by atoms with Crippen molar-refractivity contribution < 1.29 is 23.6 Å². The van der Waals surface area contributed by atoms with Gasteiger partial charge in [0.1, 0.15) is 5.82 Å². The molecule has 2 rings (SSSR count). The first-order chi connectivity index (χ1) is 12.0. The van der Waals surface area contributed by atoms with Crippen molar-refractivity contribution in [3.05, 3.63) is 76.1 Å². The largest absolute Gasteiger partial charge is 0.452 e. The average molecular weight is 344 g/mol. The monoisotopic (exact) mass is 344 g/mol. The third-order valence-electron chi connectivity index (χ3n) is 3.01. The van der Waals surface area contributed by atoms with Gasteiger partial charge in [-0.1, -0.05) is 12.1 Å². The molecule has 7 nitrogen and oxygen atoms in total. The number of carbonyl (C=O) groups is 2. The minimum absolute atomic E-state index is 0.00929. The minimum atomic E-state index is -0.776. The summed E-state index contributed by atoms with van der Waals surface area (Å²) in [5.74, 6) is -2.05. The Morgan fingerprint density at radius 2 is 1.84 bits per heavy atom. The summed E-state index contributed by atoms with van der Waals surface area (Å²) in [5.41, 5.74) is 0.480. The van der Waals surface area contributed by atoms with E-state index in [4.69, 9.17) is 4.74 Å². The van der Waals surface area contributed by atoms with Crippen LogP contribution in [0.1, 0.15) is 5.56 Å². The maximum atomic E-state index is 13.4. The number of nitrogens with zero attached hydrogens (tertiary/aromatic N) is 1. The number of hydrogen-bond acceptors (Lipinski definition) is 5. The third-order valence-corrected chi connectivity index (χ3v) is 3.01. The first kappa shape index (κ1) is 17.8. The summed E-state index contributed by atoms with van der Waals surface area (Å²) in [4.78, 5) is 33.1. The van der Waals surface area contributed by atoms with Gasteiger partial charge in [-0.15, -0.1) is 0 Å². The molecule has 25 heavy (non-hydrogen) atoms. The fourth-order valence-electron chi connectivity index (χ4n) is 1.81. The third kappa shape index (κ3) is 5.54.